The Hall–Kier alpha value is -2.29. The van der Waals surface area contributed by atoms with Crippen LogP contribution in [-0.4, -0.2) is 47.1 Å². The lowest BCUT2D eigenvalue weighted by atomic mass is 9.54. The molecule has 214 valence electrons. The highest BCUT2D eigenvalue weighted by Gasteiger charge is 2.53. The molecule has 1 aromatic carbocycles. The van der Waals surface area contributed by atoms with Gasteiger partial charge in [0.2, 0.25) is 0 Å². The minimum atomic E-state index is 0.0439. The van der Waals surface area contributed by atoms with Gasteiger partial charge in [0.05, 0.1) is 19.1 Å². The number of carbonyl (C=O) groups is 1. The molecule has 5 fully saturated rings. The molecule has 8 heteroatoms. The summed E-state index contributed by atoms with van der Waals surface area (Å²) in [5.74, 6) is 5.73. The fraction of sp³-hybridized carbons (Fsp3) is 0.562. The Morgan fingerprint density at radius 2 is 1.62 bits per heavy atom. The quantitative estimate of drug-likeness (QED) is 0.173. The van der Waals surface area contributed by atoms with Crippen molar-refractivity contribution in [2.75, 3.05) is 20.8 Å². The summed E-state index contributed by atoms with van der Waals surface area (Å²) in [5.41, 5.74) is 1.93. The van der Waals surface area contributed by atoms with Crippen LogP contribution in [0.2, 0.25) is 0 Å². The van der Waals surface area contributed by atoms with Crippen molar-refractivity contribution in [1.29, 1.82) is 0 Å². The summed E-state index contributed by atoms with van der Waals surface area (Å²) in [4.78, 5) is 16.5. The number of thiocarbonyl (C=S) groups is 1. The molecule has 0 unspecified atom stereocenters. The summed E-state index contributed by atoms with van der Waals surface area (Å²) in [6.45, 7) is 0.227. The molecule has 4 saturated carbocycles. The van der Waals surface area contributed by atoms with Gasteiger partial charge in [-0.05, 0) is 98.8 Å². The van der Waals surface area contributed by atoms with Crippen LogP contribution in [0.5, 0.6) is 11.5 Å². The molecule has 0 radical (unpaired) electrons. The molecule has 6 nitrogen and oxygen atoms in total. The average Bonchev–Trinajstić information content (AvgIpc) is 3.47. The molecule has 2 aromatic rings. The largest absolute Gasteiger partial charge is 0.497 e. The van der Waals surface area contributed by atoms with Gasteiger partial charge in [-0.1, -0.05) is 36.8 Å². The fourth-order valence-electron chi connectivity index (χ4n) is 7.81. The molecule has 1 aliphatic heterocycles. The SMILES string of the molecule is COc1cc(OC)cc(-c2cc(CCCCCCO)c(/C=C3\SC(=S)N(C4C5CC6CC(C5)CC4C6)C3=O)o2)c1. The number of hydrogen-bond donors (Lipinski definition) is 1. The molecular weight excluding hydrogens is 542 g/mol. The van der Waals surface area contributed by atoms with Gasteiger partial charge >= 0.3 is 0 Å². The van der Waals surface area contributed by atoms with Crippen LogP contribution in [0.25, 0.3) is 17.4 Å². The van der Waals surface area contributed by atoms with Gasteiger partial charge in [0.1, 0.15) is 27.3 Å². The highest BCUT2D eigenvalue weighted by atomic mass is 32.2. The molecule has 1 amide bonds. The molecular formula is C32H39NO5S2. The third kappa shape index (κ3) is 5.47. The first-order chi connectivity index (χ1) is 19.5. The van der Waals surface area contributed by atoms with Crippen LogP contribution in [0.4, 0.5) is 0 Å². The number of carbonyl (C=O) groups excluding carboxylic acids is 1. The van der Waals surface area contributed by atoms with Gasteiger partial charge in [-0.15, -0.1) is 0 Å². The molecule has 0 spiro atoms. The number of furan rings is 1. The van der Waals surface area contributed by atoms with E-state index in [9.17, 15) is 4.79 Å². The Bertz CT molecular complexity index is 1250. The topological polar surface area (TPSA) is 72.1 Å². The number of aliphatic hydroxyl groups is 1. The summed E-state index contributed by atoms with van der Waals surface area (Å²) in [6.07, 6.45) is 13.0. The molecule has 40 heavy (non-hydrogen) atoms. The van der Waals surface area contributed by atoms with Crippen molar-refractivity contribution in [2.45, 2.75) is 70.3 Å². The van der Waals surface area contributed by atoms with E-state index in [0.29, 0.717) is 44.1 Å². The van der Waals surface area contributed by atoms with Crippen LogP contribution in [0.1, 0.15) is 69.1 Å². The van der Waals surface area contributed by atoms with Gasteiger partial charge in [0.25, 0.3) is 5.91 Å². The van der Waals surface area contributed by atoms with E-state index in [1.807, 2.05) is 29.2 Å². The van der Waals surface area contributed by atoms with E-state index in [2.05, 4.69) is 6.07 Å². The molecule has 2 heterocycles. The first-order valence-electron chi connectivity index (χ1n) is 14.7. The van der Waals surface area contributed by atoms with Crippen molar-refractivity contribution < 1.29 is 23.8 Å². The number of ether oxygens (including phenoxy) is 2. The Morgan fingerprint density at radius 1 is 0.975 bits per heavy atom. The number of nitrogens with zero attached hydrogens (tertiary/aromatic N) is 1. The smallest absolute Gasteiger partial charge is 0.266 e. The normalized spacial score (nSPS) is 28.2. The number of rotatable bonds is 11. The first-order valence-corrected chi connectivity index (χ1v) is 15.9. The van der Waals surface area contributed by atoms with Gasteiger partial charge in [-0.3, -0.25) is 9.69 Å². The standard InChI is InChI=1S/C32H39NO5S2/c1-36-25-14-22(15-26(17-25)37-2)27-16-21(7-5-3-4-6-8-34)28(38-27)18-29-31(35)33(32(39)40-29)30-23-10-19-9-20(12-23)13-24(30)11-19/h14-20,23-24,30,34H,3-13H2,1-2H3/b29-18-. The summed E-state index contributed by atoms with van der Waals surface area (Å²) in [7, 11) is 3.27. The van der Waals surface area contributed by atoms with Crippen LogP contribution in [0, 0.1) is 23.7 Å². The van der Waals surface area contributed by atoms with Crippen LogP contribution < -0.4 is 9.47 Å². The van der Waals surface area contributed by atoms with Gasteiger partial charge in [0.15, 0.2) is 0 Å². The highest BCUT2D eigenvalue weighted by molar-refractivity contribution is 8.26. The Balaban J connectivity index is 1.28. The highest BCUT2D eigenvalue weighted by Crippen LogP contribution is 2.56. The van der Waals surface area contributed by atoms with Crippen LogP contribution in [0.15, 0.2) is 33.6 Å². The zero-order chi connectivity index (χ0) is 27.8. The van der Waals surface area contributed by atoms with Crippen molar-refractivity contribution in [3.05, 3.63) is 40.5 Å². The second kappa shape index (κ2) is 11.9. The Morgan fingerprint density at radius 3 is 2.25 bits per heavy atom. The maximum atomic E-state index is 13.9. The van der Waals surface area contributed by atoms with Gasteiger partial charge in [-0.25, -0.2) is 0 Å². The number of unbranched alkanes of at least 4 members (excludes halogenated alkanes) is 3. The molecule has 1 N–H and O–H groups in total. The maximum Gasteiger partial charge on any atom is 0.266 e. The Kier molecular flexibility index (Phi) is 8.29. The van der Waals surface area contributed by atoms with Crippen LogP contribution in [0.3, 0.4) is 0 Å². The van der Waals surface area contributed by atoms with Gasteiger partial charge in [-0.2, -0.15) is 0 Å². The monoisotopic (exact) mass is 581 g/mol. The van der Waals surface area contributed by atoms with Crippen molar-refractivity contribution in [1.82, 2.24) is 4.90 Å². The molecule has 7 rings (SSSR count). The maximum absolute atomic E-state index is 13.9. The Labute approximate surface area is 246 Å². The van der Waals surface area contributed by atoms with E-state index in [1.165, 1.54) is 43.9 Å². The number of benzene rings is 1. The number of aryl methyl sites for hydroxylation is 1. The fourth-order valence-corrected chi connectivity index (χ4v) is 9.12. The van der Waals surface area contributed by atoms with E-state index in [-0.39, 0.29) is 18.6 Å². The molecule has 1 aromatic heterocycles. The summed E-state index contributed by atoms with van der Waals surface area (Å²) >= 11 is 7.26. The van der Waals surface area contributed by atoms with E-state index in [0.717, 1.165) is 55.1 Å². The summed E-state index contributed by atoms with van der Waals surface area (Å²) in [5, 5.41) is 9.14. The summed E-state index contributed by atoms with van der Waals surface area (Å²) in [6, 6.07) is 8.04. The van der Waals surface area contributed by atoms with Crippen molar-refractivity contribution in [3.8, 4) is 22.8 Å². The number of amides is 1. The molecule has 4 aliphatic carbocycles. The third-order valence-corrected chi connectivity index (χ3v) is 10.7. The average molecular weight is 582 g/mol. The second-order valence-corrected chi connectivity index (χ2v) is 13.6. The molecule has 1 saturated heterocycles. The molecule has 5 aliphatic rings. The lowest BCUT2D eigenvalue weighted by Gasteiger charge is -2.56. The van der Waals surface area contributed by atoms with E-state index >= 15 is 0 Å². The van der Waals surface area contributed by atoms with Crippen molar-refractivity contribution in [3.63, 3.8) is 0 Å². The first kappa shape index (κ1) is 27.9. The van der Waals surface area contributed by atoms with Crippen molar-refractivity contribution >= 4 is 40.3 Å². The number of thioether (sulfide) groups is 1. The van der Waals surface area contributed by atoms with Crippen molar-refractivity contribution in [2.24, 2.45) is 23.7 Å². The summed E-state index contributed by atoms with van der Waals surface area (Å²) < 4.78 is 18.1. The lowest BCUT2D eigenvalue weighted by molar-refractivity contribution is -0.130. The van der Waals surface area contributed by atoms with Gasteiger partial charge < -0.3 is 19.0 Å². The predicted octanol–water partition coefficient (Wildman–Crippen LogP) is 7.08. The molecule has 0 atom stereocenters. The lowest BCUT2D eigenvalue weighted by Crippen LogP contribution is -2.57. The van der Waals surface area contributed by atoms with E-state index in [4.69, 9.17) is 31.2 Å². The number of methoxy groups -OCH3 is 2. The minimum absolute atomic E-state index is 0.0439. The van der Waals surface area contributed by atoms with E-state index < -0.39 is 0 Å². The second-order valence-electron chi connectivity index (χ2n) is 12.0. The third-order valence-electron chi connectivity index (χ3n) is 9.39. The minimum Gasteiger partial charge on any atom is -0.497 e. The zero-order valence-corrected chi connectivity index (χ0v) is 25.0. The molecule has 4 bridgehead atoms. The van der Waals surface area contributed by atoms with Crippen LogP contribution >= 0.6 is 24.0 Å². The van der Waals surface area contributed by atoms with E-state index in [1.54, 1.807) is 14.2 Å². The zero-order valence-electron chi connectivity index (χ0n) is 23.4. The predicted molar refractivity (Wildman–Crippen MR) is 162 cm³/mol. The van der Waals surface area contributed by atoms with Crippen LogP contribution in [-0.2, 0) is 11.2 Å². The van der Waals surface area contributed by atoms with Gasteiger partial charge in [0, 0.05) is 30.4 Å². The number of aliphatic hydroxyl groups excluding tert-OH is 1. The number of hydrogen-bond acceptors (Lipinski definition) is 7.